The van der Waals surface area contributed by atoms with Crippen LogP contribution >= 0.6 is 0 Å². The van der Waals surface area contributed by atoms with Crippen LogP contribution in [0.3, 0.4) is 0 Å². The Morgan fingerprint density at radius 2 is 1.93 bits per heavy atom. The number of pyridine rings is 1. The highest BCUT2D eigenvalue weighted by Crippen LogP contribution is 2.35. The number of rotatable bonds is 6. The maximum atomic E-state index is 13.0. The molecule has 0 spiro atoms. The Bertz CT molecular complexity index is 982. The summed E-state index contributed by atoms with van der Waals surface area (Å²) in [6.45, 7) is 2.22. The number of ether oxygens (including phenoxy) is 1. The van der Waals surface area contributed by atoms with Crippen molar-refractivity contribution in [3.05, 3.63) is 65.9 Å². The monoisotopic (exact) mass is 388 g/mol. The van der Waals surface area contributed by atoms with Crippen LogP contribution in [-0.2, 0) is 17.4 Å². The average molecular weight is 388 g/mol. The second kappa shape index (κ2) is 8.29. The van der Waals surface area contributed by atoms with Gasteiger partial charge in [0.05, 0.1) is 29.8 Å². The third-order valence-corrected chi connectivity index (χ3v) is 4.11. The number of para-hydroxylation sites is 1. The molecule has 0 aliphatic heterocycles. The number of anilines is 1. The molecule has 0 saturated carbocycles. The van der Waals surface area contributed by atoms with Gasteiger partial charge in [-0.05, 0) is 36.2 Å². The molecule has 0 fully saturated rings. The summed E-state index contributed by atoms with van der Waals surface area (Å²) in [6.07, 6.45) is -2.20. The molecule has 3 aromatic rings. The van der Waals surface area contributed by atoms with Crippen LogP contribution in [0.25, 0.3) is 10.9 Å². The van der Waals surface area contributed by atoms with E-state index in [9.17, 15) is 18.0 Å². The summed E-state index contributed by atoms with van der Waals surface area (Å²) in [5.74, 6) is -0.238. The molecule has 0 unspecified atom stereocenters. The van der Waals surface area contributed by atoms with Crippen molar-refractivity contribution >= 4 is 22.5 Å². The van der Waals surface area contributed by atoms with E-state index in [0.29, 0.717) is 24.1 Å². The number of nitrogens with one attached hydrogen (secondary N) is 1. The highest BCUT2D eigenvalue weighted by molar-refractivity contribution is 5.96. The lowest BCUT2D eigenvalue weighted by molar-refractivity contribution is -0.137. The van der Waals surface area contributed by atoms with Crippen LogP contribution in [0, 0.1) is 0 Å². The second-order valence-corrected chi connectivity index (χ2v) is 6.27. The highest BCUT2D eigenvalue weighted by Gasteiger charge is 2.31. The van der Waals surface area contributed by atoms with Gasteiger partial charge in [-0.3, -0.25) is 9.78 Å². The lowest BCUT2D eigenvalue weighted by Crippen LogP contribution is -2.17. The molecule has 3 rings (SSSR count). The quantitative estimate of drug-likeness (QED) is 0.630. The van der Waals surface area contributed by atoms with E-state index >= 15 is 0 Å². The molecule has 0 aliphatic carbocycles. The van der Waals surface area contributed by atoms with Crippen molar-refractivity contribution in [2.45, 2.75) is 25.9 Å². The molecule has 1 N–H and O–H groups in total. The van der Waals surface area contributed by atoms with Crippen molar-refractivity contribution in [2.75, 3.05) is 11.9 Å². The summed E-state index contributed by atoms with van der Waals surface area (Å²) in [5.41, 5.74) is 0.533. The van der Waals surface area contributed by atoms with Crippen LogP contribution in [0.15, 0.2) is 54.7 Å². The minimum absolute atomic E-state index is 0.00136. The molecule has 1 aromatic heterocycles. The van der Waals surface area contributed by atoms with Crippen LogP contribution in [0.5, 0.6) is 5.75 Å². The highest BCUT2D eigenvalue weighted by atomic mass is 19.4. The number of benzene rings is 2. The van der Waals surface area contributed by atoms with Gasteiger partial charge < -0.3 is 10.1 Å². The minimum atomic E-state index is -4.51. The van der Waals surface area contributed by atoms with Crippen molar-refractivity contribution in [1.29, 1.82) is 0 Å². The molecule has 1 amide bonds. The maximum absolute atomic E-state index is 13.0. The van der Waals surface area contributed by atoms with Gasteiger partial charge in [-0.1, -0.05) is 31.2 Å². The fraction of sp³-hybridized carbons (Fsp3) is 0.238. The minimum Gasteiger partial charge on any atom is -0.491 e. The number of halogens is 3. The standard InChI is InChI=1S/C21H19F3N2O2/c1-2-11-28-18-9-8-16(21(22,23)24)13-17(18)26-19(27)12-15-6-3-5-14-7-4-10-25-20(14)15/h3-10,13H,2,11-12H2,1H3,(H,26,27). The third-order valence-electron chi connectivity index (χ3n) is 4.11. The van der Waals surface area contributed by atoms with Gasteiger partial charge in [0.2, 0.25) is 5.91 Å². The van der Waals surface area contributed by atoms with Crippen LogP contribution in [-0.4, -0.2) is 17.5 Å². The number of amides is 1. The molecule has 1 heterocycles. The van der Waals surface area contributed by atoms with Crippen LogP contribution in [0.2, 0.25) is 0 Å². The lowest BCUT2D eigenvalue weighted by Gasteiger charge is -2.15. The first kappa shape index (κ1) is 19.7. The molecular weight excluding hydrogens is 369 g/mol. The first-order chi connectivity index (χ1) is 13.4. The number of carbonyl (C=O) groups is 1. The van der Waals surface area contributed by atoms with Gasteiger partial charge in [-0.2, -0.15) is 13.2 Å². The Balaban J connectivity index is 1.85. The number of hydrogen-bond donors (Lipinski definition) is 1. The molecule has 7 heteroatoms. The number of aromatic nitrogens is 1. The zero-order valence-corrected chi connectivity index (χ0v) is 15.2. The van der Waals surface area contributed by atoms with Gasteiger partial charge in [0.1, 0.15) is 5.75 Å². The number of alkyl halides is 3. The van der Waals surface area contributed by atoms with Gasteiger partial charge in [0.15, 0.2) is 0 Å². The van der Waals surface area contributed by atoms with E-state index in [1.807, 2.05) is 25.1 Å². The van der Waals surface area contributed by atoms with Gasteiger partial charge in [0.25, 0.3) is 0 Å². The zero-order chi connectivity index (χ0) is 20.1. The predicted molar refractivity (Wildman–Crippen MR) is 101 cm³/mol. The summed E-state index contributed by atoms with van der Waals surface area (Å²) in [5, 5.41) is 3.44. The number of carbonyl (C=O) groups excluding carboxylic acids is 1. The van der Waals surface area contributed by atoms with E-state index in [1.54, 1.807) is 18.3 Å². The fourth-order valence-corrected chi connectivity index (χ4v) is 2.82. The molecule has 0 saturated heterocycles. The molecule has 146 valence electrons. The van der Waals surface area contributed by atoms with Crippen molar-refractivity contribution in [3.63, 3.8) is 0 Å². The molecular formula is C21H19F3N2O2. The summed E-state index contributed by atoms with van der Waals surface area (Å²) < 4.78 is 44.6. The Kier molecular flexibility index (Phi) is 5.82. The predicted octanol–water partition coefficient (Wildman–Crippen LogP) is 5.22. The average Bonchev–Trinajstić information content (AvgIpc) is 2.66. The van der Waals surface area contributed by atoms with Crippen LogP contribution < -0.4 is 10.1 Å². The molecule has 0 radical (unpaired) electrons. The third kappa shape index (κ3) is 4.60. The van der Waals surface area contributed by atoms with E-state index in [-0.39, 0.29) is 17.9 Å². The molecule has 4 nitrogen and oxygen atoms in total. The summed E-state index contributed by atoms with van der Waals surface area (Å²) in [4.78, 5) is 16.8. The van der Waals surface area contributed by atoms with Crippen molar-refractivity contribution in [2.24, 2.45) is 0 Å². The van der Waals surface area contributed by atoms with Crippen LogP contribution in [0.1, 0.15) is 24.5 Å². The Morgan fingerprint density at radius 1 is 1.14 bits per heavy atom. The molecule has 0 atom stereocenters. The summed E-state index contributed by atoms with van der Waals surface area (Å²) in [6, 6.07) is 12.2. The van der Waals surface area contributed by atoms with E-state index in [2.05, 4.69) is 10.3 Å². The second-order valence-electron chi connectivity index (χ2n) is 6.27. The zero-order valence-electron chi connectivity index (χ0n) is 15.2. The normalized spacial score (nSPS) is 11.4. The van der Waals surface area contributed by atoms with Crippen molar-refractivity contribution in [3.8, 4) is 5.75 Å². The topological polar surface area (TPSA) is 51.2 Å². The lowest BCUT2D eigenvalue weighted by atomic mass is 10.1. The summed E-state index contributed by atoms with van der Waals surface area (Å²) >= 11 is 0. The van der Waals surface area contributed by atoms with Gasteiger partial charge in [-0.25, -0.2) is 0 Å². The van der Waals surface area contributed by atoms with Crippen LogP contribution in [0.4, 0.5) is 18.9 Å². The number of nitrogens with zero attached hydrogens (tertiary/aromatic N) is 1. The van der Waals surface area contributed by atoms with Crippen molar-refractivity contribution in [1.82, 2.24) is 4.98 Å². The summed E-state index contributed by atoms with van der Waals surface area (Å²) in [7, 11) is 0. The molecule has 0 aliphatic rings. The largest absolute Gasteiger partial charge is 0.491 e. The van der Waals surface area contributed by atoms with E-state index in [0.717, 1.165) is 17.5 Å². The van der Waals surface area contributed by atoms with E-state index < -0.39 is 17.6 Å². The van der Waals surface area contributed by atoms with Gasteiger partial charge in [-0.15, -0.1) is 0 Å². The Labute approximate surface area is 160 Å². The Hall–Kier alpha value is -3.09. The first-order valence-corrected chi connectivity index (χ1v) is 8.85. The molecule has 28 heavy (non-hydrogen) atoms. The fourth-order valence-electron chi connectivity index (χ4n) is 2.82. The van der Waals surface area contributed by atoms with E-state index in [4.69, 9.17) is 4.74 Å². The van der Waals surface area contributed by atoms with Gasteiger partial charge >= 0.3 is 6.18 Å². The Morgan fingerprint density at radius 3 is 2.68 bits per heavy atom. The van der Waals surface area contributed by atoms with E-state index in [1.165, 1.54) is 6.07 Å². The van der Waals surface area contributed by atoms with Gasteiger partial charge in [0, 0.05) is 11.6 Å². The molecule has 0 bridgehead atoms. The van der Waals surface area contributed by atoms with Crippen molar-refractivity contribution < 1.29 is 22.7 Å². The first-order valence-electron chi connectivity index (χ1n) is 8.85. The smallest absolute Gasteiger partial charge is 0.416 e. The molecule has 2 aromatic carbocycles. The maximum Gasteiger partial charge on any atom is 0.416 e. The SMILES string of the molecule is CCCOc1ccc(C(F)(F)F)cc1NC(=O)Cc1cccc2cccnc12. The number of hydrogen-bond acceptors (Lipinski definition) is 3. The number of fused-ring (bicyclic) bond motifs is 1.